The van der Waals surface area contributed by atoms with E-state index in [2.05, 4.69) is 170 Å². The van der Waals surface area contributed by atoms with Gasteiger partial charge in [0.25, 0.3) is 0 Å². The second-order valence-electron chi connectivity index (χ2n) is 15.4. The van der Waals surface area contributed by atoms with E-state index in [4.69, 9.17) is 0 Å². The normalized spacial score (nSPS) is 15.0. The van der Waals surface area contributed by atoms with Gasteiger partial charge in [0.2, 0.25) is 0 Å². The molecule has 0 spiro atoms. The summed E-state index contributed by atoms with van der Waals surface area (Å²) in [6.45, 7) is 21.2. The third-order valence-corrected chi connectivity index (χ3v) is 12.3. The van der Waals surface area contributed by atoms with Crippen molar-refractivity contribution < 1.29 is 49.0 Å². The fraction of sp³-hybridized carbons (Fsp3) is 0.310. The van der Waals surface area contributed by atoms with E-state index in [1.54, 1.807) is 5.20 Å². The molecule has 46 heavy (non-hydrogen) atoms. The van der Waals surface area contributed by atoms with E-state index >= 15 is 0 Å². The Bertz CT molecular complexity index is 1690. The molecule has 1 unspecified atom stereocenters. The van der Waals surface area contributed by atoms with E-state index < -0.39 is 8.07 Å². The first-order chi connectivity index (χ1) is 20.6. The second kappa shape index (κ2) is 15.0. The number of hydrogen-bond acceptors (Lipinski definition) is 0. The molecule has 0 saturated heterocycles. The Morgan fingerprint density at radius 2 is 1.30 bits per heavy atom. The van der Waals surface area contributed by atoms with Crippen molar-refractivity contribution in [2.24, 2.45) is 0 Å². The summed E-state index contributed by atoms with van der Waals surface area (Å²) >= 11 is 1.46. The Morgan fingerprint density at radius 1 is 0.739 bits per heavy atom. The first kappa shape index (κ1) is 38.4. The van der Waals surface area contributed by atoms with Crippen LogP contribution in [0.3, 0.4) is 0 Å². The Hall–Kier alpha value is -2.09. The van der Waals surface area contributed by atoms with Crippen LogP contribution in [0, 0.1) is 6.07 Å². The van der Waals surface area contributed by atoms with Gasteiger partial charge in [-0.1, -0.05) is 119 Å². The van der Waals surface area contributed by atoms with Crippen LogP contribution in [0.15, 0.2) is 108 Å². The SMILES string of the molecule is CC(C)(C)c1ccc2c(c1)-c1cc(C(C)(C)C)c(C3C=CC([Si](C)(C)C)=C3)[c-]c1C2.[Cl-].[Cl-].[Zr+2]=[C](c1ccccc1)c1ccccc1. The van der Waals surface area contributed by atoms with E-state index in [0.717, 1.165) is 6.42 Å². The Balaban J connectivity index is 0.000000304. The van der Waals surface area contributed by atoms with Gasteiger partial charge in [-0.25, -0.2) is 0 Å². The number of allylic oxidation sites excluding steroid dienone is 4. The standard InChI is InChI=1S/C29H37Si.C13H10.2ClH.Zr/c1-28(2,3)22-12-10-19-14-21-16-26(20-11-13-23(15-20)30(7,8)9)27(29(4,5)6)18-25(21)24(19)17-22;1-3-7-12(8-4-1)11-13-9-5-2-6-10-13;;;/h10-13,15,17-18,20H,14H2,1-9H3;1-10H;2*1H;/q-1;;;;+2/p-2. The summed E-state index contributed by atoms with van der Waals surface area (Å²) in [6.07, 6.45) is 8.31. The van der Waals surface area contributed by atoms with E-state index in [0.29, 0.717) is 5.92 Å². The molecule has 0 aliphatic heterocycles. The van der Waals surface area contributed by atoms with Gasteiger partial charge < -0.3 is 24.8 Å². The predicted octanol–water partition coefficient (Wildman–Crippen LogP) is 4.92. The second-order valence-corrected chi connectivity index (χ2v) is 21.7. The van der Waals surface area contributed by atoms with Gasteiger partial charge in [0.05, 0.1) is 8.07 Å². The fourth-order valence-corrected chi connectivity index (χ4v) is 8.17. The molecule has 2 aliphatic rings. The molecule has 6 rings (SSSR count). The Kier molecular flexibility index (Phi) is 12.5. The van der Waals surface area contributed by atoms with Crippen molar-refractivity contribution in [3.8, 4) is 11.1 Å². The van der Waals surface area contributed by atoms with Crippen molar-refractivity contribution in [1.82, 2.24) is 0 Å². The maximum atomic E-state index is 3.94. The van der Waals surface area contributed by atoms with Gasteiger partial charge in [-0.2, -0.15) is 12.1 Å². The number of rotatable bonds is 4. The van der Waals surface area contributed by atoms with E-state index in [1.807, 2.05) is 0 Å². The zero-order chi connectivity index (χ0) is 31.9. The summed E-state index contributed by atoms with van der Waals surface area (Å²) in [5, 5.41) is 1.57. The van der Waals surface area contributed by atoms with Crippen LogP contribution in [0.5, 0.6) is 0 Å². The molecule has 238 valence electrons. The molecular formula is C42H47Cl2SiZr-. The summed E-state index contributed by atoms with van der Waals surface area (Å²) in [5.41, 5.74) is 12.8. The molecule has 0 bridgehead atoms. The van der Waals surface area contributed by atoms with E-state index in [1.165, 1.54) is 77.5 Å². The summed E-state index contributed by atoms with van der Waals surface area (Å²) in [4.78, 5) is 0. The molecule has 0 amide bonds. The molecule has 4 aromatic rings. The molecule has 0 fully saturated rings. The molecule has 4 heteroatoms. The van der Waals surface area contributed by atoms with Crippen LogP contribution >= 0.6 is 0 Å². The molecular weight excluding hydrogens is 695 g/mol. The zero-order valence-corrected chi connectivity index (χ0v) is 33.8. The van der Waals surface area contributed by atoms with Gasteiger partial charge in [0.15, 0.2) is 0 Å². The summed E-state index contributed by atoms with van der Waals surface area (Å²) in [7, 11) is -1.30. The summed E-state index contributed by atoms with van der Waals surface area (Å²) in [6, 6.07) is 34.6. The Labute approximate surface area is 307 Å². The minimum atomic E-state index is -1.30. The van der Waals surface area contributed by atoms with Crippen molar-refractivity contribution in [2.75, 3.05) is 0 Å². The monoisotopic (exact) mass is 739 g/mol. The van der Waals surface area contributed by atoms with E-state index in [9.17, 15) is 0 Å². The molecule has 0 saturated carbocycles. The van der Waals surface area contributed by atoms with E-state index in [-0.39, 0.29) is 35.6 Å². The first-order valence-electron chi connectivity index (χ1n) is 16.0. The van der Waals surface area contributed by atoms with Crippen LogP contribution in [0.4, 0.5) is 0 Å². The molecule has 1 atom stereocenters. The predicted molar refractivity (Wildman–Crippen MR) is 190 cm³/mol. The van der Waals surface area contributed by atoms with Crippen LogP contribution in [0.2, 0.25) is 19.6 Å². The molecule has 0 nitrogen and oxygen atoms in total. The summed E-state index contributed by atoms with van der Waals surface area (Å²) in [5.74, 6) is 0.361. The third kappa shape index (κ3) is 8.68. The van der Waals surface area contributed by atoms with Gasteiger partial charge >= 0.3 is 99.2 Å². The van der Waals surface area contributed by atoms with Crippen LogP contribution in [0.25, 0.3) is 11.1 Å². The van der Waals surface area contributed by atoms with Crippen molar-refractivity contribution in [3.63, 3.8) is 0 Å². The molecule has 0 N–H and O–H groups in total. The fourth-order valence-electron chi connectivity index (χ4n) is 6.08. The Morgan fingerprint density at radius 3 is 1.78 bits per heavy atom. The first-order valence-corrected chi connectivity index (χ1v) is 20.7. The van der Waals surface area contributed by atoms with Gasteiger partial charge in [-0.3, -0.25) is 0 Å². The quantitative estimate of drug-likeness (QED) is 0.182. The average Bonchev–Trinajstić information content (AvgIpc) is 3.61. The van der Waals surface area contributed by atoms with Crippen molar-refractivity contribution in [1.29, 1.82) is 0 Å². The molecule has 0 heterocycles. The van der Waals surface area contributed by atoms with Gasteiger partial charge in [0, 0.05) is 0 Å². The van der Waals surface area contributed by atoms with Gasteiger partial charge in [-0.15, -0.1) is 22.3 Å². The van der Waals surface area contributed by atoms with Crippen LogP contribution < -0.4 is 24.8 Å². The summed E-state index contributed by atoms with van der Waals surface area (Å²) < 4.78 is 1.42. The van der Waals surface area contributed by atoms with Crippen LogP contribution in [-0.4, -0.2) is 11.3 Å². The van der Waals surface area contributed by atoms with Crippen LogP contribution in [-0.2, 0) is 41.5 Å². The minimum absolute atomic E-state index is 0. The topological polar surface area (TPSA) is 0 Å². The molecule has 0 aromatic heterocycles. The molecule has 0 radical (unpaired) electrons. The number of halogens is 2. The third-order valence-electron chi connectivity index (χ3n) is 8.80. The van der Waals surface area contributed by atoms with Crippen molar-refractivity contribution in [2.45, 2.75) is 84.4 Å². The molecule has 4 aromatic carbocycles. The zero-order valence-electron chi connectivity index (χ0n) is 28.9. The number of fused-ring (bicyclic) bond motifs is 3. The number of benzene rings is 4. The van der Waals surface area contributed by atoms with Crippen molar-refractivity contribution >= 4 is 11.3 Å². The van der Waals surface area contributed by atoms with Gasteiger partial charge in [0.1, 0.15) is 0 Å². The average molecular weight is 742 g/mol. The van der Waals surface area contributed by atoms with Crippen LogP contribution in [0.1, 0.15) is 86.4 Å². The van der Waals surface area contributed by atoms with Gasteiger partial charge in [-0.05, 0) is 23.3 Å². The molecule has 2 aliphatic carbocycles. The van der Waals surface area contributed by atoms with Crippen molar-refractivity contribution in [3.05, 3.63) is 153 Å². The number of hydrogen-bond donors (Lipinski definition) is 0. The maximum absolute atomic E-state index is 3.94.